The second-order valence-electron chi connectivity index (χ2n) is 5.48. The van der Waals surface area contributed by atoms with Gasteiger partial charge in [0.05, 0.1) is 6.04 Å². The van der Waals surface area contributed by atoms with E-state index < -0.39 is 0 Å². The SMILES string of the molecule is CN1CCc2c(sc3ccccc23)C1c1ccccc1. The van der Waals surface area contributed by atoms with Gasteiger partial charge in [0.25, 0.3) is 0 Å². The van der Waals surface area contributed by atoms with Crippen LogP contribution in [0.1, 0.15) is 22.0 Å². The van der Waals surface area contributed by atoms with Gasteiger partial charge in [-0.3, -0.25) is 4.90 Å². The summed E-state index contributed by atoms with van der Waals surface area (Å²) in [6, 6.07) is 20.1. The Bertz CT molecular complexity index is 744. The van der Waals surface area contributed by atoms with Crippen LogP contribution in [0, 0.1) is 0 Å². The van der Waals surface area contributed by atoms with Crippen molar-refractivity contribution in [2.45, 2.75) is 12.5 Å². The summed E-state index contributed by atoms with van der Waals surface area (Å²) in [6.07, 6.45) is 1.17. The summed E-state index contributed by atoms with van der Waals surface area (Å²) in [5.41, 5.74) is 2.97. The highest BCUT2D eigenvalue weighted by Crippen LogP contribution is 2.43. The molecule has 2 heterocycles. The Kier molecular flexibility index (Phi) is 2.86. The van der Waals surface area contributed by atoms with Crippen LogP contribution in [0.5, 0.6) is 0 Å². The highest BCUT2D eigenvalue weighted by molar-refractivity contribution is 7.19. The molecule has 1 nitrogen and oxygen atoms in total. The maximum Gasteiger partial charge on any atom is 0.0696 e. The largest absolute Gasteiger partial charge is 0.294 e. The first-order chi connectivity index (χ1) is 9.84. The summed E-state index contributed by atoms with van der Waals surface area (Å²) in [5, 5.41) is 1.46. The van der Waals surface area contributed by atoms with Crippen LogP contribution >= 0.6 is 11.3 Å². The summed E-state index contributed by atoms with van der Waals surface area (Å²) < 4.78 is 1.42. The second kappa shape index (κ2) is 4.72. The standard InChI is InChI=1S/C18H17NS/c1-19-12-11-15-14-9-5-6-10-16(14)20-18(15)17(19)13-7-3-2-4-8-13/h2-10,17H,11-12H2,1H3. The third-order valence-corrected chi connectivity index (χ3v) is 5.51. The molecular formula is C18H17NS. The number of fused-ring (bicyclic) bond motifs is 3. The number of rotatable bonds is 1. The molecule has 1 atom stereocenters. The molecule has 0 amide bonds. The molecular weight excluding hydrogens is 262 g/mol. The predicted molar refractivity (Wildman–Crippen MR) is 86.4 cm³/mol. The molecule has 20 heavy (non-hydrogen) atoms. The fraction of sp³-hybridized carbons (Fsp3) is 0.222. The van der Waals surface area contributed by atoms with Crippen molar-refractivity contribution < 1.29 is 0 Å². The van der Waals surface area contributed by atoms with Gasteiger partial charge in [-0.05, 0) is 36.0 Å². The number of nitrogens with zero attached hydrogens (tertiary/aromatic N) is 1. The van der Waals surface area contributed by atoms with Gasteiger partial charge < -0.3 is 0 Å². The molecule has 1 aromatic heterocycles. The topological polar surface area (TPSA) is 3.24 Å². The number of thiophene rings is 1. The van der Waals surface area contributed by atoms with E-state index in [1.165, 1.54) is 26.9 Å². The summed E-state index contributed by atoms with van der Waals surface area (Å²) in [5.74, 6) is 0. The quantitative estimate of drug-likeness (QED) is 0.635. The highest BCUT2D eigenvalue weighted by Gasteiger charge is 2.29. The first kappa shape index (κ1) is 12.1. The van der Waals surface area contributed by atoms with Crippen molar-refractivity contribution in [3.05, 3.63) is 70.6 Å². The number of likely N-dealkylation sites (N-methyl/N-ethyl adjacent to an activating group) is 1. The second-order valence-corrected chi connectivity index (χ2v) is 6.57. The van der Waals surface area contributed by atoms with E-state index in [4.69, 9.17) is 0 Å². The van der Waals surface area contributed by atoms with Gasteiger partial charge in [0.1, 0.15) is 0 Å². The minimum Gasteiger partial charge on any atom is -0.294 e. The molecule has 0 fully saturated rings. The van der Waals surface area contributed by atoms with Crippen LogP contribution in [-0.2, 0) is 6.42 Å². The number of hydrogen-bond donors (Lipinski definition) is 0. The monoisotopic (exact) mass is 279 g/mol. The molecule has 0 saturated heterocycles. The van der Waals surface area contributed by atoms with Crippen LogP contribution in [0.3, 0.4) is 0 Å². The summed E-state index contributed by atoms with van der Waals surface area (Å²) in [6.45, 7) is 1.13. The number of hydrogen-bond acceptors (Lipinski definition) is 2. The van der Waals surface area contributed by atoms with Crippen molar-refractivity contribution in [3.8, 4) is 0 Å². The summed E-state index contributed by atoms with van der Waals surface area (Å²) in [7, 11) is 2.24. The first-order valence-corrected chi connectivity index (χ1v) is 7.92. The Morgan fingerprint density at radius 1 is 1.00 bits per heavy atom. The number of benzene rings is 2. The molecule has 2 heteroatoms. The van der Waals surface area contributed by atoms with Gasteiger partial charge >= 0.3 is 0 Å². The van der Waals surface area contributed by atoms with Crippen molar-refractivity contribution in [2.24, 2.45) is 0 Å². The molecule has 2 aromatic carbocycles. The Hall–Kier alpha value is -1.64. The average Bonchev–Trinajstić information content (AvgIpc) is 2.86. The Morgan fingerprint density at radius 3 is 2.60 bits per heavy atom. The van der Waals surface area contributed by atoms with Crippen LogP contribution in [0.15, 0.2) is 54.6 Å². The lowest BCUT2D eigenvalue weighted by atomic mass is 9.94. The van der Waals surface area contributed by atoms with Crippen molar-refractivity contribution in [2.75, 3.05) is 13.6 Å². The molecule has 0 saturated carbocycles. The normalized spacial score (nSPS) is 19.1. The van der Waals surface area contributed by atoms with E-state index in [0.29, 0.717) is 6.04 Å². The fourth-order valence-electron chi connectivity index (χ4n) is 3.26. The van der Waals surface area contributed by atoms with Gasteiger partial charge in [-0.1, -0.05) is 48.5 Å². The van der Waals surface area contributed by atoms with E-state index >= 15 is 0 Å². The van der Waals surface area contributed by atoms with Gasteiger partial charge in [-0.2, -0.15) is 0 Å². The minimum absolute atomic E-state index is 0.414. The lowest BCUT2D eigenvalue weighted by Crippen LogP contribution is -2.31. The van der Waals surface area contributed by atoms with Gasteiger partial charge in [0.15, 0.2) is 0 Å². The Labute approximate surface area is 123 Å². The molecule has 100 valence electrons. The average molecular weight is 279 g/mol. The van der Waals surface area contributed by atoms with Crippen LogP contribution in [0.2, 0.25) is 0 Å². The zero-order valence-electron chi connectivity index (χ0n) is 11.5. The van der Waals surface area contributed by atoms with Crippen molar-refractivity contribution in [1.82, 2.24) is 4.90 Å². The Morgan fingerprint density at radius 2 is 1.75 bits per heavy atom. The van der Waals surface area contributed by atoms with Gasteiger partial charge in [-0.25, -0.2) is 0 Å². The van der Waals surface area contributed by atoms with Gasteiger partial charge in [0.2, 0.25) is 0 Å². The summed E-state index contributed by atoms with van der Waals surface area (Å²) >= 11 is 1.96. The van der Waals surface area contributed by atoms with E-state index in [1.807, 2.05) is 11.3 Å². The third kappa shape index (κ3) is 1.80. The zero-order chi connectivity index (χ0) is 13.5. The van der Waals surface area contributed by atoms with Gasteiger partial charge in [-0.15, -0.1) is 11.3 Å². The molecule has 0 bridgehead atoms. The highest BCUT2D eigenvalue weighted by atomic mass is 32.1. The zero-order valence-corrected chi connectivity index (χ0v) is 12.4. The van der Waals surface area contributed by atoms with E-state index in [2.05, 4.69) is 66.5 Å². The molecule has 0 spiro atoms. The molecule has 0 radical (unpaired) electrons. The molecule has 0 N–H and O–H groups in total. The smallest absolute Gasteiger partial charge is 0.0696 e. The molecule has 4 rings (SSSR count). The molecule has 1 aliphatic rings. The van der Waals surface area contributed by atoms with E-state index in [9.17, 15) is 0 Å². The summed E-state index contributed by atoms with van der Waals surface area (Å²) in [4.78, 5) is 4.01. The third-order valence-electron chi connectivity index (χ3n) is 4.25. The van der Waals surface area contributed by atoms with Crippen molar-refractivity contribution in [1.29, 1.82) is 0 Å². The molecule has 1 aliphatic heterocycles. The van der Waals surface area contributed by atoms with E-state index in [-0.39, 0.29) is 0 Å². The molecule has 0 aliphatic carbocycles. The molecule has 1 unspecified atom stereocenters. The van der Waals surface area contributed by atoms with Gasteiger partial charge in [0, 0.05) is 16.1 Å². The first-order valence-electron chi connectivity index (χ1n) is 7.10. The lowest BCUT2D eigenvalue weighted by Gasteiger charge is -2.33. The maximum atomic E-state index is 2.48. The van der Waals surface area contributed by atoms with Crippen LogP contribution < -0.4 is 0 Å². The van der Waals surface area contributed by atoms with E-state index in [0.717, 1.165) is 6.54 Å². The Balaban J connectivity index is 1.94. The van der Waals surface area contributed by atoms with E-state index in [1.54, 1.807) is 5.56 Å². The maximum absolute atomic E-state index is 2.48. The van der Waals surface area contributed by atoms with Crippen LogP contribution in [-0.4, -0.2) is 18.5 Å². The minimum atomic E-state index is 0.414. The predicted octanol–water partition coefficient (Wildman–Crippen LogP) is 4.48. The van der Waals surface area contributed by atoms with Crippen LogP contribution in [0.4, 0.5) is 0 Å². The molecule has 3 aromatic rings. The van der Waals surface area contributed by atoms with Crippen LogP contribution in [0.25, 0.3) is 10.1 Å². The van der Waals surface area contributed by atoms with Crippen molar-refractivity contribution >= 4 is 21.4 Å². The lowest BCUT2D eigenvalue weighted by molar-refractivity contribution is 0.270. The fourth-order valence-corrected chi connectivity index (χ4v) is 4.70. The van der Waals surface area contributed by atoms with Crippen molar-refractivity contribution in [3.63, 3.8) is 0 Å².